The van der Waals surface area contributed by atoms with Gasteiger partial charge in [0.2, 0.25) is 0 Å². The molecular formula is C14H21N3O3. The van der Waals surface area contributed by atoms with Crippen molar-refractivity contribution < 1.29 is 10.0 Å². The quantitative estimate of drug-likeness (QED) is 0.567. The van der Waals surface area contributed by atoms with Crippen LogP contribution >= 0.6 is 0 Å². The fourth-order valence-electron chi connectivity index (χ4n) is 2.65. The zero-order valence-electron chi connectivity index (χ0n) is 11.6. The molecule has 1 aliphatic carbocycles. The molecule has 110 valence electrons. The average Bonchev–Trinajstić information content (AvgIpc) is 2.46. The molecule has 0 radical (unpaired) electrons. The Morgan fingerprint density at radius 2 is 2.15 bits per heavy atom. The van der Waals surface area contributed by atoms with Crippen molar-refractivity contribution in [3.8, 4) is 0 Å². The SMILES string of the molecule is CNc1ccc(CNC2CCCCC2O)cc1[N+](=O)[O-]. The zero-order chi connectivity index (χ0) is 14.5. The highest BCUT2D eigenvalue weighted by Gasteiger charge is 2.22. The van der Waals surface area contributed by atoms with Gasteiger partial charge in [-0.15, -0.1) is 0 Å². The normalized spacial score (nSPS) is 22.5. The number of anilines is 1. The Balaban J connectivity index is 2.02. The third-order valence-corrected chi connectivity index (χ3v) is 3.83. The number of nitro benzene ring substituents is 1. The van der Waals surface area contributed by atoms with Crippen molar-refractivity contribution in [3.05, 3.63) is 33.9 Å². The summed E-state index contributed by atoms with van der Waals surface area (Å²) in [6.45, 7) is 0.534. The van der Waals surface area contributed by atoms with Crippen molar-refractivity contribution in [2.45, 2.75) is 44.4 Å². The maximum absolute atomic E-state index is 11.0. The molecule has 0 heterocycles. The Morgan fingerprint density at radius 3 is 2.80 bits per heavy atom. The minimum absolute atomic E-state index is 0.0796. The Kier molecular flexibility index (Phi) is 4.92. The third kappa shape index (κ3) is 3.46. The summed E-state index contributed by atoms with van der Waals surface area (Å²) in [5, 5.41) is 27.0. The van der Waals surface area contributed by atoms with Crippen molar-refractivity contribution in [2.24, 2.45) is 0 Å². The average molecular weight is 279 g/mol. The fourth-order valence-corrected chi connectivity index (χ4v) is 2.65. The molecule has 2 unspecified atom stereocenters. The number of aliphatic hydroxyl groups is 1. The van der Waals surface area contributed by atoms with Gasteiger partial charge in [-0.05, 0) is 24.5 Å². The lowest BCUT2D eigenvalue weighted by Crippen LogP contribution is -2.41. The minimum Gasteiger partial charge on any atom is -0.392 e. The molecule has 0 aliphatic heterocycles. The Hall–Kier alpha value is -1.66. The first-order valence-electron chi connectivity index (χ1n) is 6.98. The summed E-state index contributed by atoms with van der Waals surface area (Å²) in [5.74, 6) is 0. The van der Waals surface area contributed by atoms with E-state index in [2.05, 4.69) is 10.6 Å². The van der Waals surface area contributed by atoms with E-state index >= 15 is 0 Å². The molecule has 1 fully saturated rings. The molecule has 6 nitrogen and oxygen atoms in total. The molecule has 6 heteroatoms. The van der Waals surface area contributed by atoms with Gasteiger partial charge in [0.15, 0.2) is 0 Å². The minimum atomic E-state index is -0.384. The van der Waals surface area contributed by atoms with Crippen LogP contribution in [0.4, 0.5) is 11.4 Å². The first kappa shape index (κ1) is 14.7. The van der Waals surface area contributed by atoms with Crippen LogP contribution < -0.4 is 10.6 Å². The molecule has 1 saturated carbocycles. The lowest BCUT2D eigenvalue weighted by Gasteiger charge is -2.28. The molecule has 0 spiro atoms. The van der Waals surface area contributed by atoms with Gasteiger partial charge in [-0.3, -0.25) is 10.1 Å². The monoisotopic (exact) mass is 279 g/mol. The molecular weight excluding hydrogens is 258 g/mol. The molecule has 0 saturated heterocycles. The number of hydrogen-bond acceptors (Lipinski definition) is 5. The Labute approximate surface area is 118 Å². The third-order valence-electron chi connectivity index (χ3n) is 3.83. The summed E-state index contributed by atoms with van der Waals surface area (Å²) in [7, 11) is 1.67. The van der Waals surface area contributed by atoms with Gasteiger partial charge in [-0.2, -0.15) is 0 Å². The summed E-state index contributed by atoms with van der Waals surface area (Å²) < 4.78 is 0. The number of nitro groups is 1. The fraction of sp³-hybridized carbons (Fsp3) is 0.571. The van der Waals surface area contributed by atoms with Gasteiger partial charge < -0.3 is 15.7 Å². The van der Waals surface area contributed by atoms with Crippen molar-refractivity contribution in [2.75, 3.05) is 12.4 Å². The molecule has 1 aromatic carbocycles. The molecule has 2 atom stereocenters. The second-order valence-electron chi connectivity index (χ2n) is 5.20. The van der Waals surface area contributed by atoms with Gasteiger partial charge >= 0.3 is 0 Å². The van der Waals surface area contributed by atoms with Crippen LogP contribution in [-0.2, 0) is 6.54 Å². The van der Waals surface area contributed by atoms with Crippen molar-refractivity contribution in [1.82, 2.24) is 5.32 Å². The maximum atomic E-state index is 11.0. The van der Waals surface area contributed by atoms with E-state index in [0.717, 1.165) is 31.2 Å². The maximum Gasteiger partial charge on any atom is 0.292 e. The molecule has 2 rings (SSSR count). The predicted molar refractivity (Wildman–Crippen MR) is 77.7 cm³/mol. The van der Waals surface area contributed by atoms with E-state index < -0.39 is 0 Å². The van der Waals surface area contributed by atoms with Crippen LogP contribution in [0.2, 0.25) is 0 Å². The summed E-state index contributed by atoms with van der Waals surface area (Å²) in [6.07, 6.45) is 3.67. The van der Waals surface area contributed by atoms with Crippen molar-refractivity contribution in [1.29, 1.82) is 0 Å². The van der Waals surface area contributed by atoms with Crippen LogP contribution in [0, 0.1) is 10.1 Å². The van der Waals surface area contributed by atoms with Gasteiger partial charge in [0.1, 0.15) is 5.69 Å². The van der Waals surface area contributed by atoms with Gasteiger partial charge in [0.05, 0.1) is 11.0 Å². The topological polar surface area (TPSA) is 87.4 Å². The van der Waals surface area contributed by atoms with E-state index in [0.29, 0.717) is 12.2 Å². The first-order chi connectivity index (χ1) is 9.61. The first-order valence-corrected chi connectivity index (χ1v) is 6.98. The van der Waals surface area contributed by atoms with Gasteiger partial charge in [-0.25, -0.2) is 0 Å². The summed E-state index contributed by atoms with van der Waals surface area (Å²) >= 11 is 0. The summed E-state index contributed by atoms with van der Waals surface area (Å²) in [4.78, 5) is 10.6. The molecule has 0 amide bonds. The van der Waals surface area contributed by atoms with Crippen LogP contribution in [0.3, 0.4) is 0 Å². The van der Waals surface area contributed by atoms with Gasteiger partial charge in [-0.1, -0.05) is 18.9 Å². The molecule has 1 aliphatic rings. The number of nitrogens with one attached hydrogen (secondary N) is 2. The highest BCUT2D eigenvalue weighted by molar-refractivity contribution is 5.62. The zero-order valence-corrected chi connectivity index (χ0v) is 11.6. The number of hydrogen-bond donors (Lipinski definition) is 3. The van der Waals surface area contributed by atoms with Gasteiger partial charge in [0, 0.05) is 25.7 Å². The number of nitrogens with zero attached hydrogens (tertiary/aromatic N) is 1. The number of benzene rings is 1. The smallest absolute Gasteiger partial charge is 0.292 e. The molecule has 0 aromatic heterocycles. The summed E-state index contributed by atoms with van der Waals surface area (Å²) in [6, 6.07) is 5.24. The Morgan fingerprint density at radius 1 is 1.40 bits per heavy atom. The highest BCUT2D eigenvalue weighted by Crippen LogP contribution is 2.25. The number of rotatable bonds is 5. The van der Waals surface area contributed by atoms with E-state index in [9.17, 15) is 15.2 Å². The summed E-state index contributed by atoms with van der Waals surface area (Å²) in [5.41, 5.74) is 1.45. The van der Waals surface area contributed by atoms with E-state index in [1.807, 2.05) is 6.07 Å². The molecule has 20 heavy (non-hydrogen) atoms. The predicted octanol–water partition coefficient (Wildman–Crippen LogP) is 2.03. The lowest BCUT2D eigenvalue weighted by molar-refractivity contribution is -0.384. The molecule has 3 N–H and O–H groups in total. The number of aliphatic hydroxyl groups excluding tert-OH is 1. The second-order valence-corrected chi connectivity index (χ2v) is 5.20. The molecule has 0 bridgehead atoms. The van der Waals surface area contributed by atoms with Crippen LogP contribution in [0.1, 0.15) is 31.2 Å². The highest BCUT2D eigenvalue weighted by atomic mass is 16.6. The van der Waals surface area contributed by atoms with Crippen LogP contribution in [0.5, 0.6) is 0 Å². The van der Waals surface area contributed by atoms with Crippen LogP contribution in [0.15, 0.2) is 18.2 Å². The standard InChI is InChI=1S/C14H21N3O3/c1-15-11-7-6-10(8-13(11)17(19)20)9-16-12-4-2-3-5-14(12)18/h6-8,12,14-16,18H,2-5,9H2,1H3. The Bertz CT molecular complexity index is 479. The van der Waals surface area contributed by atoms with E-state index in [1.54, 1.807) is 19.2 Å². The van der Waals surface area contributed by atoms with E-state index in [1.165, 1.54) is 0 Å². The van der Waals surface area contributed by atoms with Gasteiger partial charge in [0.25, 0.3) is 5.69 Å². The largest absolute Gasteiger partial charge is 0.392 e. The second kappa shape index (κ2) is 6.67. The van der Waals surface area contributed by atoms with Crippen LogP contribution in [0.25, 0.3) is 0 Å². The van der Waals surface area contributed by atoms with Crippen LogP contribution in [-0.4, -0.2) is 29.2 Å². The lowest BCUT2D eigenvalue weighted by atomic mass is 9.92. The van der Waals surface area contributed by atoms with Crippen molar-refractivity contribution >= 4 is 11.4 Å². The van der Waals surface area contributed by atoms with Crippen molar-refractivity contribution in [3.63, 3.8) is 0 Å². The van der Waals surface area contributed by atoms with E-state index in [-0.39, 0.29) is 22.8 Å². The molecule has 1 aromatic rings. The van der Waals surface area contributed by atoms with E-state index in [4.69, 9.17) is 0 Å².